The fourth-order valence-corrected chi connectivity index (χ4v) is 1.75. The molecule has 1 amide bonds. The van der Waals surface area contributed by atoms with Gasteiger partial charge in [-0.25, -0.2) is 0 Å². The summed E-state index contributed by atoms with van der Waals surface area (Å²) < 4.78 is 0. The van der Waals surface area contributed by atoms with Crippen molar-refractivity contribution in [2.75, 3.05) is 19.6 Å². The third-order valence-corrected chi connectivity index (χ3v) is 3.08. The molecule has 0 saturated heterocycles. The summed E-state index contributed by atoms with van der Waals surface area (Å²) in [4.78, 5) is 14.0. The lowest BCUT2D eigenvalue weighted by atomic mass is 10.1. The Morgan fingerprint density at radius 1 is 1.33 bits per heavy atom. The van der Waals surface area contributed by atoms with Crippen molar-refractivity contribution in [1.82, 2.24) is 10.2 Å². The van der Waals surface area contributed by atoms with Crippen molar-refractivity contribution in [3.63, 3.8) is 0 Å². The third-order valence-electron chi connectivity index (χ3n) is 3.08. The Balaban J connectivity index is 4.19. The minimum atomic E-state index is -0.169. The van der Waals surface area contributed by atoms with Crippen LogP contribution in [-0.2, 0) is 4.79 Å². The number of amides is 1. The lowest BCUT2D eigenvalue weighted by Gasteiger charge is -2.27. The summed E-state index contributed by atoms with van der Waals surface area (Å²) >= 11 is 0. The molecule has 0 aromatic rings. The molecule has 0 radical (unpaired) electrons. The maximum absolute atomic E-state index is 12.0. The number of nitriles is 1. The van der Waals surface area contributed by atoms with Crippen molar-refractivity contribution in [3.05, 3.63) is 0 Å². The Morgan fingerprint density at radius 2 is 1.94 bits per heavy atom. The summed E-state index contributed by atoms with van der Waals surface area (Å²) in [6, 6.07) is 2.04. The van der Waals surface area contributed by atoms with E-state index in [0.717, 1.165) is 19.5 Å². The normalized spacial score (nSPS) is 14.3. The van der Waals surface area contributed by atoms with E-state index >= 15 is 0 Å². The number of nitrogens with one attached hydrogen (secondary N) is 1. The SMILES string of the molecule is CCN(CC(C)C#N)C(C)C(=O)NCCC(C)C. The molecule has 0 rings (SSSR count). The predicted octanol–water partition coefficient (Wildman–Crippen LogP) is 2.02. The zero-order valence-electron chi connectivity index (χ0n) is 12.4. The van der Waals surface area contributed by atoms with Crippen LogP contribution in [0.5, 0.6) is 0 Å². The molecule has 4 heteroatoms. The van der Waals surface area contributed by atoms with Crippen molar-refractivity contribution in [2.24, 2.45) is 11.8 Å². The summed E-state index contributed by atoms with van der Waals surface area (Å²) in [5.41, 5.74) is 0. The molecule has 2 unspecified atom stereocenters. The molecule has 2 atom stereocenters. The molecule has 104 valence electrons. The number of likely N-dealkylation sites (N-methyl/N-ethyl adjacent to an activating group) is 1. The Labute approximate surface area is 111 Å². The standard InChI is InChI=1S/C14H27N3O/c1-6-17(10-12(4)9-15)13(5)14(18)16-8-7-11(2)3/h11-13H,6-8,10H2,1-5H3,(H,16,18). The second-order valence-electron chi connectivity index (χ2n) is 5.27. The van der Waals surface area contributed by atoms with Gasteiger partial charge in [0.15, 0.2) is 0 Å². The maximum atomic E-state index is 12.0. The molecule has 0 aromatic heterocycles. The summed E-state index contributed by atoms with van der Waals surface area (Å²) in [5.74, 6) is 0.611. The largest absolute Gasteiger partial charge is 0.355 e. The van der Waals surface area contributed by atoms with E-state index in [0.29, 0.717) is 12.5 Å². The number of nitrogens with zero attached hydrogens (tertiary/aromatic N) is 2. The molecule has 0 aliphatic heterocycles. The second kappa shape index (κ2) is 8.93. The van der Waals surface area contributed by atoms with Crippen molar-refractivity contribution < 1.29 is 4.79 Å². The minimum absolute atomic E-state index is 0.0455. The maximum Gasteiger partial charge on any atom is 0.237 e. The van der Waals surface area contributed by atoms with E-state index in [9.17, 15) is 4.79 Å². The van der Waals surface area contributed by atoms with Crippen LogP contribution < -0.4 is 5.32 Å². The molecule has 0 aliphatic carbocycles. The third kappa shape index (κ3) is 6.61. The van der Waals surface area contributed by atoms with Crippen LogP contribution in [0, 0.1) is 23.2 Å². The first kappa shape index (κ1) is 16.9. The van der Waals surface area contributed by atoms with Crippen molar-refractivity contribution in [2.45, 2.75) is 47.1 Å². The Hall–Kier alpha value is -1.08. The summed E-state index contributed by atoms with van der Waals surface area (Å²) in [7, 11) is 0. The predicted molar refractivity (Wildman–Crippen MR) is 74.0 cm³/mol. The highest BCUT2D eigenvalue weighted by Gasteiger charge is 2.21. The van der Waals surface area contributed by atoms with E-state index in [1.807, 2.05) is 25.7 Å². The topological polar surface area (TPSA) is 56.1 Å². The molecule has 0 heterocycles. The number of hydrogen-bond donors (Lipinski definition) is 1. The molecule has 0 aromatic carbocycles. The van der Waals surface area contributed by atoms with E-state index in [1.165, 1.54) is 0 Å². The lowest BCUT2D eigenvalue weighted by Crippen LogP contribution is -2.46. The molecule has 0 spiro atoms. The Bertz CT molecular complexity index is 283. The average molecular weight is 253 g/mol. The van der Waals surface area contributed by atoms with Crippen LogP contribution in [0.4, 0.5) is 0 Å². The second-order valence-corrected chi connectivity index (χ2v) is 5.27. The molecule has 4 nitrogen and oxygen atoms in total. The highest BCUT2D eigenvalue weighted by molar-refractivity contribution is 5.81. The van der Waals surface area contributed by atoms with Gasteiger partial charge in [0.2, 0.25) is 5.91 Å². The van der Waals surface area contributed by atoms with Crippen LogP contribution in [0.3, 0.4) is 0 Å². The van der Waals surface area contributed by atoms with Gasteiger partial charge in [0.25, 0.3) is 0 Å². The molecule has 0 fully saturated rings. The van der Waals surface area contributed by atoms with Crippen molar-refractivity contribution in [3.8, 4) is 6.07 Å². The number of carbonyl (C=O) groups excluding carboxylic acids is 1. The molecule has 18 heavy (non-hydrogen) atoms. The smallest absolute Gasteiger partial charge is 0.237 e. The fraction of sp³-hybridized carbons (Fsp3) is 0.857. The summed E-state index contributed by atoms with van der Waals surface area (Å²) in [5, 5.41) is 11.8. The lowest BCUT2D eigenvalue weighted by molar-refractivity contribution is -0.126. The zero-order valence-corrected chi connectivity index (χ0v) is 12.4. The molecule has 1 N–H and O–H groups in total. The van der Waals surface area contributed by atoms with Gasteiger partial charge in [0.05, 0.1) is 18.0 Å². The molecule has 0 saturated carbocycles. The van der Waals surface area contributed by atoms with Crippen LogP contribution in [0.15, 0.2) is 0 Å². The van der Waals surface area contributed by atoms with Crippen LogP contribution in [0.1, 0.15) is 41.0 Å². The van der Waals surface area contributed by atoms with E-state index in [-0.39, 0.29) is 17.9 Å². The first-order valence-corrected chi connectivity index (χ1v) is 6.83. The van der Waals surface area contributed by atoms with Gasteiger partial charge in [-0.1, -0.05) is 20.8 Å². The summed E-state index contributed by atoms with van der Waals surface area (Å²) in [6.45, 7) is 12.2. The van der Waals surface area contributed by atoms with Crippen LogP contribution >= 0.6 is 0 Å². The van der Waals surface area contributed by atoms with E-state index in [2.05, 4.69) is 25.2 Å². The van der Waals surface area contributed by atoms with E-state index < -0.39 is 0 Å². The van der Waals surface area contributed by atoms with Crippen LogP contribution in [-0.4, -0.2) is 36.5 Å². The average Bonchev–Trinajstić information content (AvgIpc) is 2.34. The van der Waals surface area contributed by atoms with Gasteiger partial charge in [0.1, 0.15) is 0 Å². The monoisotopic (exact) mass is 253 g/mol. The van der Waals surface area contributed by atoms with Gasteiger partial charge in [0, 0.05) is 13.1 Å². The van der Waals surface area contributed by atoms with Crippen molar-refractivity contribution >= 4 is 5.91 Å². The highest BCUT2D eigenvalue weighted by atomic mass is 16.2. The van der Waals surface area contributed by atoms with Gasteiger partial charge < -0.3 is 5.32 Å². The molecule has 0 bridgehead atoms. The first-order chi connectivity index (χ1) is 8.42. The highest BCUT2D eigenvalue weighted by Crippen LogP contribution is 2.05. The quantitative estimate of drug-likeness (QED) is 0.720. The van der Waals surface area contributed by atoms with Crippen LogP contribution in [0.25, 0.3) is 0 Å². The Morgan fingerprint density at radius 3 is 2.39 bits per heavy atom. The zero-order chi connectivity index (χ0) is 14.1. The number of rotatable bonds is 8. The molecule has 0 aliphatic rings. The van der Waals surface area contributed by atoms with Gasteiger partial charge in [-0.05, 0) is 32.7 Å². The van der Waals surface area contributed by atoms with Crippen molar-refractivity contribution in [1.29, 1.82) is 5.26 Å². The van der Waals surface area contributed by atoms with Gasteiger partial charge >= 0.3 is 0 Å². The van der Waals surface area contributed by atoms with Gasteiger partial charge in [-0.15, -0.1) is 0 Å². The number of hydrogen-bond acceptors (Lipinski definition) is 3. The first-order valence-electron chi connectivity index (χ1n) is 6.83. The van der Waals surface area contributed by atoms with E-state index in [1.54, 1.807) is 0 Å². The molecular formula is C14H27N3O. The molecular weight excluding hydrogens is 226 g/mol. The summed E-state index contributed by atoms with van der Waals surface area (Å²) in [6.07, 6.45) is 0.999. The van der Waals surface area contributed by atoms with Gasteiger partial charge in [-0.2, -0.15) is 5.26 Å². The van der Waals surface area contributed by atoms with Crippen LogP contribution in [0.2, 0.25) is 0 Å². The fourth-order valence-electron chi connectivity index (χ4n) is 1.75. The minimum Gasteiger partial charge on any atom is -0.355 e. The van der Waals surface area contributed by atoms with Gasteiger partial charge in [-0.3, -0.25) is 9.69 Å². The van der Waals surface area contributed by atoms with E-state index in [4.69, 9.17) is 5.26 Å². The Kier molecular flexibility index (Phi) is 8.40. The number of carbonyl (C=O) groups is 1.